The first-order valence-corrected chi connectivity index (χ1v) is 8.52. The fourth-order valence-electron chi connectivity index (χ4n) is 3.09. The third-order valence-electron chi connectivity index (χ3n) is 4.70. The van der Waals surface area contributed by atoms with Crippen molar-refractivity contribution in [2.45, 2.75) is 45.6 Å². The van der Waals surface area contributed by atoms with Crippen molar-refractivity contribution >= 4 is 17.6 Å². The topological polar surface area (TPSA) is 84.7 Å². The highest BCUT2D eigenvalue weighted by molar-refractivity contribution is 5.99. The fraction of sp³-hybridized carbons (Fsp3) is 0.556. The summed E-state index contributed by atoms with van der Waals surface area (Å²) < 4.78 is 5.30. The minimum absolute atomic E-state index is 0.00921. The van der Waals surface area contributed by atoms with Crippen molar-refractivity contribution in [2.24, 2.45) is 11.7 Å². The lowest BCUT2D eigenvalue weighted by atomic mass is 9.97. The van der Waals surface area contributed by atoms with Gasteiger partial charge in [-0.25, -0.2) is 4.79 Å². The van der Waals surface area contributed by atoms with Gasteiger partial charge in [-0.15, -0.1) is 0 Å². The third kappa shape index (κ3) is 3.99. The molecule has 2 unspecified atom stereocenters. The molecule has 132 valence electrons. The first kappa shape index (κ1) is 18.1. The lowest BCUT2D eigenvalue weighted by molar-refractivity contribution is -0.121. The minimum atomic E-state index is -0.668. The Hall–Kier alpha value is -2.24. The number of fused-ring (bicyclic) bond motifs is 1. The predicted molar refractivity (Wildman–Crippen MR) is 94.2 cm³/mol. The summed E-state index contributed by atoms with van der Waals surface area (Å²) in [5.74, 6) is 0.697. The molecule has 0 aliphatic carbocycles. The third-order valence-corrected chi connectivity index (χ3v) is 4.70. The highest BCUT2D eigenvalue weighted by Crippen LogP contribution is 2.31. The number of nitrogens with one attached hydrogen (secondary N) is 1. The lowest BCUT2D eigenvalue weighted by Gasteiger charge is -2.30. The zero-order valence-corrected chi connectivity index (χ0v) is 14.7. The molecular weight excluding hydrogens is 306 g/mol. The molecule has 0 spiro atoms. The van der Waals surface area contributed by atoms with E-state index in [1.807, 2.05) is 32.0 Å². The molecule has 1 aromatic carbocycles. The molecule has 1 aliphatic rings. The zero-order chi connectivity index (χ0) is 17.7. The molecule has 0 fully saturated rings. The Morgan fingerprint density at radius 1 is 1.38 bits per heavy atom. The Labute approximate surface area is 143 Å². The van der Waals surface area contributed by atoms with Gasteiger partial charge in [-0.1, -0.05) is 20.3 Å². The van der Waals surface area contributed by atoms with Gasteiger partial charge in [0.25, 0.3) is 0 Å². The van der Waals surface area contributed by atoms with Crippen LogP contribution >= 0.6 is 0 Å². The Kier molecular flexibility index (Phi) is 6.06. The number of benzene rings is 1. The van der Waals surface area contributed by atoms with Crippen LogP contribution in [0, 0.1) is 5.92 Å². The number of amides is 3. The molecule has 6 nitrogen and oxygen atoms in total. The van der Waals surface area contributed by atoms with Crippen molar-refractivity contribution in [2.75, 3.05) is 18.6 Å². The van der Waals surface area contributed by atoms with E-state index in [0.717, 1.165) is 42.7 Å². The average molecular weight is 333 g/mol. The first-order chi connectivity index (χ1) is 11.5. The van der Waals surface area contributed by atoms with Crippen LogP contribution in [-0.4, -0.2) is 31.6 Å². The van der Waals surface area contributed by atoms with E-state index in [-0.39, 0.29) is 11.8 Å². The van der Waals surface area contributed by atoms with E-state index in [0.29, 0.717) is 6.54 Å². The molecule has 0 bridgehead atoms. The minimum Gasteiger partial charge on any atom is -0.497 e. The van der Waals surface area contributed by atoms with Gasteiger partial charge in [-0.05, 0) is 48.9 Å². The van der Waals surface area contributed by atoms with Crippen LogP contribution in [0.5, 0.6) is 5.75 Å². The average Bonchev–Trinajstić information content (AvgIpc) is 2.79. The van der Waals surface area contributed by atoms with Crippen molar-refractivity contribution < 1.29 is 14.3 Å². The summed E-state index contributed by atoms with van der Waals surface area (Å²) in [4.78, 5) is 26.3. The Balaban J connectivity index is 2.35. The van der Waals surface area contributed by atoms with Crippen molar-refractivity contribution in [1.82, 2.24) is 5.32 Å². The molecule has 3 amide bonds. The van der Waals surface area contributed by atoms with E-state index >= 15 is 0 Å². The summed E-state index contributed by atoms with van der Waals surface area (Å²) in [6, 6.07) is 4.50. The van der Waals surface area contributed by atoms with Crippen LogP contribution in [0.3, 0.4) is 0 Å². The van der Waals surface area contributed by atoms with Gasteiger partial charge in [0, 0.05) is 12.2 Å². The summed E-state index contributed by atoms with van der Waals surface area (Å²) in [5.41, 5.74) is 7.28. The van der Waals surface area contributed by atoms with Gasteiger partial charge in [0.2, 0.25) is 5.91 Å². The maximum absolute atomic E-state index is 13.1. The molecule has 6 heteroatoms. The van der Waals surface area contributed by atoms with E-state index in [4.69, 9.17) is 10.5 Å². The van der Waals surface area contributed by atoms with Crippen LogP contribution in [-0.2, 0) is 11.2 Å². The van der Waals surface area contributed by atoms with Gasteiger partial charge in [-0.2, -0.15) is 0 Å². The van der Waals surface area contributed by atoms with Gasteiger partial charge in [0.05, 0.1) is 7.11 Å². The fourth-order valence-corrected chi connectivity index (χ4v) is 3.09. The monoisotopic (exact) mass is 333 g/mol. The number of carbonyl (C=O) groups excluding carboxylic acids is 2. The highest BCUT2D eigenvalue weighted by atomic mass is 16.5. The number of ether oxygens (including phenoxy) is 1. The molecule has 24 heavy (non-hydrogen) atoms. The molecule has 1 aliphatic heterocycles. The number of urea groups is 1. The number of nitrogens with zero attached hydrogens (tertiary/aromatic N) is 1. The van der Waals surface area contributed by atoms with Crippen molar-refractivity contribution in [3.8, 4) is 5.75 Å². The standard InChI is InChI=1S/C18H27N3O3/c1-4-12(2)16(20-18(19)23)17(22)21-10-6-5-7-13-11-14(24-3)8-9-15(13)21/h8-9,11-12,16H,4-7,10H2,1-3H3,(H3,19,20,23). The number of rotatable bonds is 5. The summed E-state index contributed by atoms with van der Waals surface area (Å²) >= 11 is 0. The van der Waals surface area contributed by atoms with Crippen LogP contribution in [0.25, 0.3) is 0 Å². The second-order valence-electron chi connectivity index (χ2n) is 6.31. The number of methoxy groups -OCH3 is 1. The Morgan fingerprint density at radius 2 is 2.12 bits per heavy atom. The smallest absolute Gasteiger partial charge is 0.312 e. The molecular formula is C18H27N3O3. The summed E-state index contributed by atoms with van der Waals surface area (Å²) in [6.45, 7) is 4.59. The zero-order valence-electron chi connectivity index (χ0n) is 14.7. The number of aryl methyl sites for hydroxylation is 1. The van der Waals surface area contributed by atoms with Gasteiger partial charge >= 0.3 is 6.03 Å². The van der Waals surface area contributed by atoms with Crippen LogP contribution in [0.2, 0.25) is 0 Å². The summed E-state index contributed by atoms with van der Waals surface area (Å²) in [6.07, 6.45) is 3.63. The Morgan fingerprint density at radius 3 is 2.75 bits per heavy atom. The van der Waals surface area contributed by atoms with Gasteiger partial charge in [-0.3, -0.25) is 4.79 Å². The number of hydrogen-bond acceptors (Lipinski definition) is 3. The van der Waals surface area contributed by atoms with Gasteiger partial charge < -0.3 is 20.7 Å². The number of primary amides is 1. The quantitative estimate of drug-likeness (QED) is 0.868. The molecule has 0 saturated carbocycles. The highest BCUT2D eigenvalue weighted by Gasteiger charge is 2.31. The van der Waals surface area contributed by atoms with E-state index in [1.54, 1.807) is 12.0 Å². The van der Waals surface area contributed by atoms with Crippen LogP contribution < -0.4 is 20.7 Å². The summed E-state index contributed by atoms with van der Waals surface area (Å²) in [5, 5.41) is 2.62. The van der Waals surface area contributed by atoms with Crippen molar-refractivity contribution in [3.63, 3.8) is 0 Å². The number of anilines is 1. The van der Waals surface area contributed by atoms with Gasteiger partial charge in [0.1, 0.15) is 11.8 Å². The van der Waals surface area contributed by atoms with Crippen LogP contribution in [0.15, 0.2) is 18.2 Å². The normalized spacial score (nSPS) is 16.5. The van der Waals surface area contributed by atoms with E-state index in [1.165, 1.54) is 0 Å². The van der Waals surface area contributed by atoms with Crippen LogP contribution in [0.4, 0.5) is 10.5 Å². The molecule has 1 heterocycles. The Bertz CT molecular complexity index is 603. The molecule has 1 aromatic rings. The predicted octanol–water partition coefficient (Wildman–Crippen LogP) is 2.45. The lowest BCUT2D eigenvalue weighted by Crippen LogP contribution is -2.53. The molecule has 2 rings (SSSR count). The van der Waals surface area contributed by atoms with Crippen molar-refractivity contribution in [3.05, 3.63) is 23.8 Å². The van der Waals surface area contributed by atoms with E-state index in [2.05, 4.69) is 5.32 Å². The van der Waals surface area contributed by atoms with Crippen molar-refractivity contribution in [1.29, 1.82) is 0 Å². The number of carbonyl (C=O) groups is 2. The number of nitrogens with two attached hydrogens (primary N) is 1. The largest absolute Gasteiger partial charge is 0.497 e. The van der Waals surface area contributed by atoms with E-state index < -0.39 is 12.1 Å². The SMILES string of the molecule is CCC(C)C(NC(N)=O)C(=O)N1CCCCc2cc(OC)ccc21. The molecule has 2 atom stereocenters. The number of hydrogen-bond donors (Lipinski definition) is 2. The van der Waals surface area contributed by atoms with E-state index in [9.17, 15) is 9.59 Å². The van der Waals surface area contributed by atoms with Crippen LogP contribution in [0.1, 0.15) is 38.7 Å². The maximum Gasteiger partial charge on any atom is 0.312 e. The second kappa shape index (κ2) is 8.04. The molecule has 3 N–H and O–H groups in total. The first-order valence-electron chi connectivity index (χ1n) is 8.52. The molecule has 0 saturated heterocycles. The molecule has 0 radical (unpaired) electrons. The maximum atomic E-state index is 13.1. The molecule has 0 aromatic heterocycles. The summed E-state index contributed by atoms with van der Waals surface area (Å²) in [7, 11) is 1.64. The van der Waals surface area contributed by atoms with Gasteiger partial charge in [0.15, 0.2) is 0 Å². The second-order valence-corrected chi connectivity index (χ2v) is 6.31.